The third kappa shape index (κ3) is 2.50. The molecule has 1 aromatic carbocycles. The summed E-state index contributed by atoms with van der Waals surface area (Å²) in [7, 11) is -3.87. The van der Waals surface area contributed by atoms with Crippen LogP contribution in [-0.4, -0.2) is 37.0 Å². The van der Waals surface area contributed by atoms with E-state index in [0.717, 1.165) is 30.8 Å². The monoisotopic (exact) mass is 410 g/mol. The van der Waals surface area contributed by atoms with Gasteiger partial charge in [0.25, 0.3) is 10.0 Å². The molecule has 26 heavy (non-hydrogen) atoms. The molecule has 3 aromatic rings. The molecule has 10 heteroatoms. The normalized spacial score (nSPS) is 22.0. The molecule has 7 nitrogen and oxygen atoms in total. The first kappa shape index (κ1) is 16.4. The Morgan fingerprint density at radius 3 is 3.19 bits per heavy atom. The molecule has 0 saturated carbocycles. The first-order valence-corrected chi connectivity index (χ1v) is 10.9. The summed E-state index contributed by atoms with van der Waals surface area (Å²) in [6.07, 6.45) is 2.72. The lowest BCUT2D eigenvalue weighted by atomic mass is 9.89. The number of aromatic nitrogens is 2. The van der Waals surface area contributed by atoms with Crippen LogP contribution in [0.15, 0.2) is 34.8 Å². The minimum absolute atomic E-state index is 0.0349. The minimum Gasteiger partial charge on any atom is -0.488 e. The highest BCUT2D eigenvalue weighted by Gasteiger charge is 2.36. The van der Waals surface area contributed by atoms with E-state index < -0.39 is 10.0 Å². The van der Waals surface area contributed by atoms with Crippen LogP contribution >= 0.6 is 22.9 Å². The van der Waals surface area contributed by atoms with Crippen molar-refractivity contribution in [2.24, 2.45) is 0 Å². The standard InChI is InChI=1S/C16H15ClN4O3S2/c17-14-15(21-5-6-25-16(21)19-14)26(22,23)20-9-1-2-12-11(7-9)10-3-4-18-8-13(10)24-12/h1-2,5-7,10,13,18,20H,3-4,8H2. The molecule has 4 heterocycles. The molecule has 0 spiro atoms. The van der Waals surface area contributed by atoms with Crippen molar-refractivity contribution in [1.29, 1.82) is 0 Å². The molecule has 2 N–H and O–H groups in total. The molecule has 0 radical (unpaired) electrons. The molecule has 2 unspecified atom stereocenters. The molecule has 2 aliphatic heterocycles. The van der Waals surface area contributed by atoms with E-state index in [1.54, 1.807) is 17.6 Å². The van der Waals surface area contributed by atoms with E-state index in [4.69, 9.17) is 16.3 Å². The third-order valence-corrected chi connectivity index (χ3v) is 7.34. The van der Waals surface area contributed by atoms with Gasteiger partial charge >= 0.3 is 0 Å². The van der Waals surface area contributed by atoms with E-state index in [-0.39, 0.29) is 22.2 Å². The fourth-order valence-electron chi connectivity index (χ4n) is 3.66. The molecule has 1 saturated heterocycles. The summed E-state index contributed by atoms with van der Waals surface area (Å²) in [5.74, 6) is 1.12. The predicted molar refractivity (Wildman–Crippen MR) is 100.0 cm³/mol. The zero-order valence-electron chi connectivity index (χ0n) is 13.5. The Labute approximate surface area is 159 Å². The first-order valence-electron chi connectivity index (χ1n) is 8.18. The number of nitrogens with zero attached hydrogens (tertiary/aromatic N) is 2. The van der Waals surface area contributed by atoms with Gasteiger partial charge in [0.15, 0.2) is 15.1 Å². The van der Waals surface area contributed by atoms with E-state index >= 15 is 0 Å². The number of sulfonamides is 1. The average molecular weight is 411 g/mol. The largest absolute Gasteiger partial charge is 0.488 e. The van der Waals surface area contributed by atoms with Crippen LogP contribution in [0.3, 0.4) is 0 Å². The molecular weight excluding hydrogens is 396 g/mol. The highest BCUT2D eigenvalue weighted by molar-refractivity contribution is 7.92. The van der Waals surface area contributed by atoms with Gasteiger partial charge in [-0.05, 0) is 31.2 Å². The highest BCUT2D eigenvalue weighted by atomic mass is 35.5. The van der Waals surface area contributed by atoms with E-state index in [9.17, 15) is 8.42 Å². The molecule has 2 aliphatic rings. The number of rotatable bonds is 3. The highest BCUT2D eigenvalue weighted by Crippen LogP contribution is 2.42. The molecule has 1 fully saturated rings. The van der Waals surface area contributed by atoms with Gasteiger partial charge in [0, 0.05) is 35.3 Å². The smallest absolute Gasteiger partial charge is 0.281 e. The summed E-state index contributed by atoms with van der Waals surface area (Å²) >= 11 is 7.40. The van der Waals surface area contributed by atoms with Gasteiger partial charge in [0.1, 0.15) is 11.9 Å². The van der Waals surface area contributed by atoms with Crippen molar-refractivity contribution in [3.8, 4) is 5.75 Å². The number of ether oxygens (including phenoxy) is 1. The Morgan fingerprint density at radius 2 is 2.31 bits per heavy atom. The number of piperidine rings is 1. The minimum atomic E-state index is -3.87. The lowest BCUT2D eigenvalue weighted by Crippen LogP contribution is -2.39. The maximum absolute atomic E-state index is 12.9. The summed E-state index contributed by atoms with van der Waals surface area (Å²) in [4.78, 5) is 4.63. The van der Waals surface area contributed by atoms with Crippen molar-refractivity contribution < 1.29 is 13.2 Å². The summed E-state index contributed by atoms with van der Waals surface area (Å²) in [6.45, 7) is 1.74. The molecule has 0 amide bonds. The number of anilines is 1. The molecule has 0 bridgehead atoms. The van der Waals surface area contributed by atoms with Crippen LogP contribution < -0.4 is 14.8 Å². The summed E-state index contributed by atoms with van der Waals surface area (Å²) in [5.41, 5.74) is 1.55. The Morgan fingerprint density at radius 1 is 1.42 bits per heavy atom. The molecule has 0 aliphatic carbocycles. The Bertz CT molecular complexity index is 1110. The van der Waals surface area contributed by atoms with Crippen LogP contribution in [0.5, 0.6) is 5.75 Å². The molecule has 5 rings (SSSR count). The van der Waals surface area contributed by atoms with Gasteiger partial charge in [-0.2, -0.15) is 8.42 Å². The van der Waals surface area contributed by atoms with E-state index in [1.165, 1.54) is 15.7 Å². The van der Waals surface area contributed by atoms with Gasteiger partial charge in [-0.25, -0.2) is 4.98 Å². The zero-order chi connectivity index (χ0) is 17.9. The van der Waals surface area contributed by atoms with E-state index in [2.05, 4.69) is 15.0 Å². The summed E-state index contributed by atoms with van der Waals surface area (Å²) < 4.78 is 35.8. The Kier molecular flexibility index (Phi) is 3.68. The fraction of sp³-hybridized carbons (Fsp3) is 0.312. The molecular formula is C16H15ClN4O3S2. The molecule has 136 valence electrons. The lowest BCUT2D eigenvalue weighted by Gasteiger charge is -2.24. The average Bonchev–Trinajstić information content (AvgIpc) is 3.26. The number of imidazole rings is 1. The number of hydrogen-bond acceptors (Lipinski definition) is 6. The molecule has 2 atom stereocenters. The number of benzene rings is 1. The quantitative estimate of drug-likeness (QED) is 0.693. The van der Waals surface area contributed by atoms with Crippen molar-refractivity contribution in [1.82, 2.24) is 14.7 Å². The second-order valence-electron chi connectivity index (χ2n) is 6.38. The SMILES string of the molecule is O=S(=O)(Nc1ccc2c(c1)C1CCNCC1O2)c1c(Cl)nc2sccn12. The zero-order valence-corrected chi connectivity index (χ0v) is 15.9. The van der Waals surface area contributed by atoms with Crippen LogP contribution in [0.4, 0.5) is 5.69 Å². The van der Waals surface area contributed by atoms with Crippen molar-refractivity contribution in [3.05, 3.63) is 40.5 Å². The predicted octanol–water partition coefficient (Wildman–Crippen LogP) is 2.69. The van der Waals surface area contributed by atoms with Crippen molar-refractivity contribution in [3.63, 3.8) is 0 Å². The third-order valence-electron chi connectivity index (χ3n) is 4.80. The topological polar surface area (TPSA) is 84.7 Å². The van der Waals surface area contributed by atoms with Gasteiger partial charge in [0.05, 0.1) is 0 Å². The van der Waals surface area contributed by atoms with Gasteiger partial charge in [-0.3, -0.25) is 9.12 Å². The number of fused-ring (bicyclic) bond motifs is 4. The summed E-state index contributed by atoms with van der Waals surface area (Å²) in [5, 5.41) is 5.00. The maximum atomic E-state index is 12.9. The first-order chi connectivity index (χ1) is 12.5. The van der Waals surface area contributed by atoms with Crippen molar-refractivity contribution >= 4 is 43.6 Å². The number of hydrogen-bond donors (Lipinski definition) is 2. The number of nitrogens with one attached hydrogen (secondary N) is 2. The van der Waals surface area contributed by atoms with Gasteiger partial charge in [-0.1, -0.05) is 11.6 Å². The van der Waals surface area contributed by atoms with Crippen molar-refractivity contribution in [2.75, 3.05) is 17.8 Å². The number of halogens is 1. The van der Waals surface area contributed by atoms with Crippen LogP contribution in [0.25, 0.3) is 4.96 Å². The van der Waals surface area contributed by atoms with Crippen LogP contribution in [-0.2, 0) is 10.0 Å². The van der Waals surface area contributed by atoms with Crippen LogP contribution in [0.2, 0.25) is 5.15 Å². The van der Waals surface area contributed by atoms with Crippen LogP contribution in [0, 0.1) is 0 Å². The van der Waals surface area contributed by atoms with Gasteiger partial charge < -0.3 is 10.1 Å². The van der Waals surface area contributed by atoms with Crippen molar-refractivity contribution in [2.45, 2.75) is 23.5 Å². The van der Waals surface area contributed by atoms with Gasteiger partial charge in [-0.15, -0.1) is 11.3 Å². The Hall–Kier alpha value is -1.81. The Balaban J connectivity index is 1.50. The maximum Gasteiger partial charge on any atom is 0.281 e. The van der Waals surface area contributed by atoms with E-state index in [0.29, 0.717) is 10.6 Å². The van der Waals surface area contributed by atoms with Gasteiger partial charge in [0.2, 0.25) is 0 Å². The van der Waals surface area contributed by atoms with E-state index in [1.807, 2.05) is 12.1 Å². The number of thiazole rings is 1. The second-order valence-corrected chi connectivity index (χ2v) is 9.21. The lowest BCUT2D eigenvalue weighted by molar-refractivity contribution is 0.177. The summed E-state index contributed by atoms with van der Waals surface area (Å²) in [6, 6.07) is 5.40. The second kappa shape index (κ2) is 5.85. The fourth-order valence-corrected chi connectivity index (χ4v) is 6.17. The molecule has 2 aromatic heterocycles. The van der Waals surface area contributed by atoms with Crippen LogP contribution in [0.1, 0.15) is 17.9 Å².